The van der Waals surface area contributed by atoms with E-state index in [1.807, 2.05) is 13.3 Å². The quantitative estimate of drug-likeness (QED) is 0.210. The molecule has 0 N–H and O–H groups in total. The molecule has 1 unspecified atom stereocenters. The first-order valence-corrected chi connectivity index (χ1v) is 2.85. The molecule has 0 aromatic carbocycles. The molecule has 3 heteroatoms. The maximum atomic E-state index is 10.6. The summed E-state index contributed by atoms with van der Waals surface area (Å²) in [5.74, 6) is 0. The Kier molecular flexibility index (Phi) is 21.5. The van der Waals surface area contributed by atoms with Gasteiger partial charge in [-0.05, 0) is 0 Å². The molecule has 0 spiro atoms. The Morgan fingerprint density at radius 2 is 2.10 bits per heavy atom. The molecule has 0 aliphatic rings. The molecule has 0 saturated heterocycles. The van der Waals surface area contributed by atoms with Gasteiger partial charge in [-0.3, -0.25) is 0 Å². The fourth-order valence-electron chi connectivity index (χ4n) is 0.545. The van der Waals surface area contributed by atoms with Gasteiger partial charge < -0.3 is 11.5 Å². The standard InChI is InChI=1S/C7H12O.2Li/c1-3-5-7(8)6-4-2;;/h3-4,7H,1,5-6H2,2H3;;/q-2;2*+1. The predicted molar refractivity (Wildman–Crippen MR) is 33.2 cm³/mol. The van der Waals surface area contributed by atoms with Crippen LogP contribution in [0.4, 0.5) is 0 Å². The van der Waals surface area contributed by atoms with Crippen LogP contribution in [-0.2, 0) is 0 Å². The van der Waals surface area contributed by atoms with Crippen molar-refractivity contribution in [3.05, 3.63) is 19.1 Å². The molecule has 10 heavy (non-hydrogen) atoms. The molecule has 0 aromatic heterocycles. The van der Waals surface area contributed by atoms with Crippen molar-refractivity contribution in [2.45, 2.75) is 25.9 Å². The third-order valence-corrected chi connectivity index (χ3v) is 0.928. The van der Waals surface area contributed by atoms with Crippen molar-refractivity contribution in [1.29, 1.82) is 0 Å². The summed E-state index contributed by atoms with van der Waals surface area (Å²) in [6.45, 7) is 5.37. The van der Waals surface area contributed by atoms with Crippen LogP contribution in [0.3, 0.4) is 0 Å². The minimum Gasteiger partial charge on any atom is -0.854 e. The van der Waals surface area contributed by atoms with Crippen LogP contribution in [-0.4, -0.2) is 6.10 Å². The van der Waals surface area contributed by atoms with Crippen LogP contribution >= 0.6 is 0 Å². The molecule has 0 saturated carbocycles. The summed E-state index contributed by atoms with van der Waals surface area (Å²) in [5, 5.41) is 10.6. The van der Waals surface area contributed by atoms with Gasteiger partial charge in [0.05, 0.1) is 0 Å². The Morgan fingerprint density at radius 1 is 1.60 bits per heavy atom. The summed E-state index contributed by atoms with van der Waals surface area (Å²) in [7, 11) is 0. The Labute approximate surface area is 87.6 Å². The second kappa shape index (κ2) is 12.6. The van der Waals surface area contributed by atoms with Gasteiger partial charge in [0, 0.05) is 0 Å². The van der Waals surface area contributed by atoms with E-state index in [9.17, 15) is 5.11 Å². The van der Waals surface area contributed by atoms with Crippen molar-refractivity contribution in [1.82, 2.24) is 0 Å². The van der Waals surface area contributed by atoms with E-state index in [0.717, 1.165) is 0 Å². The summed E-state index contributed by atoms with van der Waals surface area (Å²) in [6, 6.07) is 0. The van der Waals surface area contributed by atoms with Crippen LogP contribution in [0.15, 0.2) is 12.7 Å². The van der Waals surface area contributed by atoms with Gasteiger partial charge in [0.15, 0.2) is 0 Å². The fraction of sp³-hybridized carbons (Fsp3) is 0.571. The van der Waals surface area contributed by atoms with E-state index in [2.05, 4.69) is 6.58 Å². The third kappa shape index (κ3) is 11.7. The molecule has 0 amide bonds. The van der Waals surface area contributed by atoms with E-state index in [1.165, 1.54) is 0 Å². The van der Waals surface area contributed by atoms with Gasteiger partial charge in [-0.1, -0.05) is 12.5 Å². The smallest absolute Gasteiger partial charge is 0.854 e. The molecule has 1 atom stereocenters. The van der Waals surface area contributed by atoms with Crippen LogP contribution in [0, 0.1) is 6.42 Å². The summed E-state index contributed by atoms with van der Waals surface area (Å²) in [4.78, 5) is 0. The second-order valence-electron chi connectivity index (χ2n) is 1.79. The van der Waals surface area contributed by atoms with E-state index >= 15 is 0 Å². The van der Waals surface area contributed by atoms with Crippen LogP contribution in [0.1, 0.15) is 19.8 Å². The molecular weight excluding hydrogens is 114 g/mol. The Morgan fingerprint density at radius 3 is 2.40 bits per heavy atom. The molecule has 0 bridgehead atoms. The maximum absolute atomic E-state index is 10.6. The molecule has 48 valence electrons. The molecule has 0 fully saturated rings. The molecule has 0 heterocycles. The van der Waals surface area contributed by atoms with E-state index in [4.69, 9.17) is 0 Å². The van der Waals surface area contributed by atoms with Gasteiger partial charge in [-0.2, -0.15) is 19.4 Å². The topological polar surface area (TPSA) is 23.1 Å². The zero-order chi connectivity index (χ0) is 6.41. The fourth-order valence-corrected chi connectivity index (χ4v) is 0.545. The number of hydrogen-bond acceptors (Lipinski definition) is 1. The van der Waals surface area contributed by atoms with Crippen LogP contribution in [0.2, 0.25) is 0 Å². The van der Waals surface area contributed by atoms with Crippen molar-refractivity contribution < 1.29 is 42.8 Å². The zero-order valence-corrected chi connectivity index (χ0v) is 7.26. The molecule has 0 aromatic rings. The van der Waals surface area contributed by atoms with Gasteiger partial charge in [0.2, 0.25) is 0 Å². The molecule has 0 aliphatic carbocycles. The zero-order valence-electron chi connectivity index (χ0n) is 7.26. The number of rotatable bonds is 4. The Balaban J connectivity index is -0.000000245. The van der Waals surface area contributed by atoms with Crippen molar-refractivity contribution >= 4 is 0 Å². The van der Waals surface area contributed by atoms with Gasteiger partial charge >= 0.3 is 37.7 Å². The van der Waals surface area contributed by atoms with Crippen molar-refractivity contribution in [2.75, 3.05) is 0 Å². The summed E-state index contributed by atoms with van der Waals surface area (Å²) >= 11 is 0. The molecule has 0 aliphatic heterocycles. The van der Waals surface area contributed by atoms with Crippen molar-refractivity contribution in [3.63, 3.8) is 0 Å². The average molecular weight is 126 g/mol. The second-order valence-corrected chi connectivity index (χ2v) is 1.79. The molecule has 1 nitrogen and oxygen atoms in total. The SMILES string of the molecule is C=CCC([O-])C[CH-]C.[Li+].[Li+]. The van der Waals surface area contributed by atoms with Gasteiger partial charge in [0.25, 0.3) is 0 Å². The predicted octanol–water partition coefficient (Wildman–Crippen LogP) is -5.09. The molecular formula is C7H12Li2O. The van der Waals surface area contributed by atoms with Crippen molar-refractivity contribution in [2.24, 2.45) is 0 Å². The first kappa shape index (κ1) is 17.1. The molecule has 0 rings (SSSR count). The monoisotopic (exact) mass is 126 g/mol. The van der Waals surface area contributed by atoms with Crippen LogP contribution < -0.4 is 42.8 Å². The third-order valence-electron chi connectivity index (χ3n) is 0.928. The first-order chi connectivity index (χ1) is 3.81. The largest absolute Gasteiger partial charge is 1.00 e. The van der Waals surface area contributed by atoms with Gasteiger partial charge in [0.1, 0.15) is 0 Å². The number of hydrogen-bond donors (Lipinski definition) is 0. The minimum atomic E-state index is -0.461. The van der Waals surface area contributed by atoms with E-state index in [1.54, 1.807) is 6.08 Å². The van der Waals surface area contributed by atoms with Crippen molar-refractivity contribution in [3.8, 4) is 0 Å². The summed E-state index contributed by atoms with van der Waals surface area (Å²) in [6.07, 6.45) is 4.34. The maximum Gasteiger partial charge on any atom is 1.00 e. The Bertz CT molecular complexity index is 66.6. The summed E-state index contributed by atoms with van der Waals surface area (Å²) < 4.78 is 0. The average Bonchev–Trinajstić information content (AvgIpc) is 1.68. The normalized spacial score (nSPS) is 10.6. The van der Waals surface area contributed by atoms with E-state index in [-0.39, 0.29) is 37.7 Å². The minimum absolute atomic E-state index is 0. The summed E-state index contributed by atoms with van der Waals surface area (Å²) in [5.41, 5.74) is 0. The van der Waals surface area contributed by atoms with E-state index < -0.39 is 6.10 Å². The first-order valence-electron chi connectivity index (χ1n) is 2.85. The molecule has 0 radical (unpaired) electrons. The van der Waals surface area contributed by atoms with Crippen LogP contribution in [0.25, 0.3) is 0 Å². The van der Waals surface area contributed by atoms with Crippen LogP contribution in [0.5, 0.6) is 0 Å². The van der Waals surface area contributed by atoms with E-state index in [0.29, 0.717) is 12.8 Å². The van der Waals surface area contributed by atoms with Gasteiger partial charge in [-0.25, -0.2) is 0 Å². The van der Waals surface area contributed by atoms with Gasteiger partial charge in [-0.15, -0.1) is 6.58 Å². The Hall–Kier alpha value is 0.895.